The van der Waals surface area contributed by atoms with Gasteiger partial charge in [-0.15, -0.1) is 12.4 Å². The number of rotatable bonds is 0. The summed E-state index contributed by atoms with van der Waals surface area (Å²) in [5, 5.41) is 8.72. The normalized spacial score (nSPS) is 8.50. The van der Waals surface area contributed by atoms with Crippen molar-refractivity contribution in [2.75, 3.05) is 0 Å². The summed E-state index contributed by atoms with van der Waals surface area (Å²) in [5.41, 5.74) is 4.24. The zero-order valence-electron chi connectivity index (χ0n) is 7.51. The van der Waals surface area contributed by atoms with Crippen LogP contribution < -0.4 is 0 Å². The first-order valence-corrected chi connectivity index (χ1v) is 3.63. The lowest BCUT2D eigenvalue weighted by Gasteiger charge is -2.02. The molecule has 0 heterocycles. The third kappa shape index (κ3) is 1.99. The van der Waals surface area contributed by atoms with Gasteiger partial charge < -0.3 is 0 Å². The first-order chi connectivity index (χ1) is 5.15. The van der Waals surface area contributed by atoms with E-state index < -0.39 is 0 Å². The monoisotopic (exact) mass is 181 g/mol. The van der Waals surface area contributed by atoms with Crippen molar-refractivity contribution >= 4 is 12.4 Å². The number of benzene rings is 1. The Balaban J connectivity index is 0.00000121. The lowest BCUT2D eigenvalue weighted by atomic mass is 10.0. The molecular weight excluding hydrogens is 170 g/mol. The lowest BCUT2D eigenvalue weighted by molar-refractivity contribution is 1.27. The quantitative estimate of drug-likeness (QED) is 0.604. The van der Waals surface area contributed by atoms with E-state index in [1.54, 1.807) is 0 Å². The summed E-state index contributed by atoms with van der Waals surface area (Å²) >= 11 is 0. The maximum atomic E-state index is 8.72. The molecule has 12 heavy (non-hydrogen) atoms. The summed E-state index contributed by atoms with van der Waals surface area (Å²) in [6.07, 6.45) is 0. The molecule has 0 amide bonds. The topological polar surface area (TPSA) is 23.8 Å². The average Bonchev–Trinajstić information content (AvgIpc) is 1.96. The SMILES string of the molecule is Cc1cc(C)c(C)c(C#N)c1.Cl. The van der Waals surface area contributed by atoms with E-state index in [4.69, 9.17) is 5.26 Å². The molecule has 1 nitrogen and oxygen atoms in total. The molecule has 0 bridgehead atoms. The van der Waals surface area contributed by atoms with Gasteiger partial charge in [0.25, 0.3) is 0 Å². The molecule has 0 atom stereocenters. The molecule has 1 aromatic carbocycles. The summed E-state index contributed by atoms with van der Waals surface area (Å²) in [5.74, 6) is 0. The Hall–Kier alpha value is -1.00. The lowest BCUT2D eigenvalue weighted by Crippen LogP contribution is -1.88. The Morgan fingerprint density at radius 2 is 1.75 bits per heavy atom. The van der Waals surface area contributed by atoms with E-state index in [2.05, 4.69) is 12.1 Å². The molecule has 2 heteroatoms. The van der Waals surface area contributed by atoms with Crippen molar-refractivity contribution in [3.05, 3.63) is 34.4 Å². The molecule has 0 aliphatic rings. The van der Waals surface area contributed by atoms with Gasteiger partial charge >= 0.3 is 0 Å². The molecule has 1 aromatic rings. The molecule has 0 aliphatic carbocycles. The van der Waals surface area contributed by atoms with E-state index in [9.17, 15) is 0 Å². The zero-order valence-corrected chi connectivity index (χ0v) is 8.33. The number of halogens is 1. The van der Waals surface area contributed by atoms with Crippen molar-refractivity contribution < 1.29 is 0 Å². The third-order valence-corrected chi connectivity index (χ3v) is 1.93. The molecule has 64 valence electrons. The van der Waals surface area contributed by atoms with Gasteiger partial charge in [-0.1, -0.05) is 6.07 Å². The van der Waals surface area contributed by atoms with Gasteiger partial charge in [-0.05, 0) is 43.5 Å². The maximum absolute atomic E-state index is 8.72. The fourth-order valence-corrected chi connectivity index (χ4v) is 1.16. The minimum Gasteiger partial charge on any atom is -0.192 e. The molecular formula is C10H12ClN. The molecule has 0 fully saturated rings. The predicted octanol–water partition coefficient (Wildman–Crippen LogP) is 2.91. The van der Waals surface area contributed by atoms with Crippen LogP contribution in [0.1, 0.15) is 22.3 Å². The first kappa shape index (κ1) is 11.0. The average molecular weight is 182 g/mol. The van der Waals surface area contributed by atoms with Crippen LogP contribution in [0.25, 0.3) is 0 Å². The molecule has 0 aromatic heterocycles. The minimum absolute atomic E-state index is 0. The highest BCUT2D eigenvalue weighted by Crippen LogP contribution is 2.14. The van der Waals surface area contributed by atoms with E-state index in [1.165, 1.54) is 5.56 Å². The van der Waals surface area contributed by atoms with Crippen molar-refractivity contribution in [2.45, 2.75) is 20.8 Å². The van der Waals surface area contributed by atoms with Crippen LogP contribution in [0.15, 0.2) is 12.1 Å². The predicted molar refractivity (Wildman–Crippen MR) is 52.6 cm³/mol. The van der Waals surface area contributed by atoms with Crippen LogP contribution in [0.3, 0.4) is 0 Å². The van der Waals surface area contributed by atoms with Crippen molar-refractivity contribution in [2.24, 2.45) is 0 Å². The summed E-state index contributed by atoms with van der Waals surface area (Å²) in [4.78, 5) is 0. The molecule has 1 rings (SSSR count). The van der Waals surface area contributed by atoms with E-state index >= 15 is 0 Å². The zero-order chi connectivity index (χ0) is 8.43. The summed E-state index contributed by atoms with van der Waals surface area (Å²) in [6, 6.07) is 6.19. The summed E-state index contributed by atoms with van der Waals surface area (Å²) in [6.45, 7) is 6.02. The fraction of sp³-hybridized carbons (Fsp3) is 0.300. The smallest absolute Gasteiger partial charge is 0.0994 e. The number of hydrogen-bond acceptors (Lipinski definition) is 1. The molecule has 0 saturated heterocycles. The minimum atomic E-state index is 0. The van der Waals surface area contributed by atoms with Crippen LogP contribution in [-0.4, -0.2) is 0 Å². The van der Waals surface area contributed by atoms with Gasteiger partial charge in [0.1, 0.15) is 0 Å². The van der Waals surface area contributed by atoms with Crippen LogP contribution in [-0.2, 0) is 0 Å². The van der Waals surface area contributed by atoms with Gasteiger partial charge in [-0.25, -0.2) is 0 Å². The summed E-state index contributed by atoms with van der Waals surface area (Å²) < 4.78 is 0. The number of aryl methyl sites for hydroxylation is 2. The highest BCUT2D eigenvalue weighted by Gasteiger charge is 1.99. The van der Waals surface area contributed by atoms with Crippen molar-refractivity contribution in [3.8, 4) is 6.07 Å². The van der Waals surface area contributed by atoms with Crippen molar-refractivity contribution in [1.82, 2.24) is 0 Å². The van der Waals surface area contributed by atoms with Crippen LogP contribution in [0.4, 0.5) is 0 Å². The molecule has 0 aliphatic heterocycles. The van der Waals surface area contributed by atoms with Crippen LogP contribution in [0.5, 0.6) is 0 Å². The van der Waals surface area contributed by atoms with Crippen LogP contribution >= 0.6 is 12.4 Å². The molecule has 0 unspecified atom stereocenters. The second-order valence-electron chi connectivity index (χ2n) is 2.87. The van der Waals surface area contributed by atoms with Gasteiger partial charge in [0.05, 0.1) is 11.6 Å². The highest BCUT2D eigenvalue weighted by atomic mass is 35.5. The largest absolute Gasteiger partial charge is 0.192 e. The van der Waals surface area contributed by atoms with Gasteiger partial charge in [-0.2, -0.15) is 5.26 Å². The molecule has 0 saturated carbocycles. The number of nitrogens with zero attached hydrogens (tertiary/aromatic N) is 1. The second kappa shape index (κ2) is 4.13. The van der Waals surface area contributed by atoms with Crippen LogP contribution in [0.2, 0.25) is 0 Å². The van der Waals surface area contributed by atoms with E-state index in [1.807, 2.05) is 26.8 Å². The van der Waals surface area contributed by atoms with E-state index in [0.717, 1.165) is 16.7 Å². The van der Waals surface area contributed by atoms with Crippen molar-refractivity contribution in [1.29, 1.82) is 5.26 Å². The molecule has 0 radical (unpaired) electrons. The second-order valence-corrected chi connectivity index (χ2v) is 2.87. The van der Waals surface area contributed by atoms with Gasteiger partial charge in [-0.3, -0.25) is 0 Å². The summed E-state index contributed by atoms with van der Waals surface area (Å²) in [7, 11) is 0. The van der Waals surface area contributed by atoms with Gasteiger partial charge in [0, 0.05) is 0 Å². The van der Waals surface area contributed by atoms with Crippen molar-refractivity contribution in [3.63, 3.8) is 0 Å². The van der Waals surface area contributed by atoms with E-state index in [-0.39, 0.29) is 12.4 Å². The Kier molecular flexibility index (Phi) is 3.79. The Labute approximate surface area is 79.4 Å². The van der Waals surface area contributed by atoms with Gasteiger partial charge in [0.15, 0.2) is 0 Å². The first-order valence-electron chi connectivity index (χ1n) is 3.63. The van der Waals surface area contributed by atoms with Gasteiger partial charge in [0.2, 0.25) is 0 Å². The number of hydrogen-bond donors (Lipinski definition) is 0. The highest BCUT2D eigenvalue weighted by molar-refractivity contribution is 5.85. The standard InChI is InChI=1S/C10H11N.ClH/c1-7-4-8(2)9(3)10(5-7)6-11;/h4-5H,1-3H3;1H. The number of nitriles is 1. The van der Waals surface area contributed by atoms with E-state index in [0.29, 0.717) is 0 Å². The molecule has 0 spiro atoms. The fourth-order valence-electron chi connectivity index (χ4n) is 1.16. The Morgan fingerprint density at radius 3 is 2.25 bits per heavy atom. The Morgan fingerprint density at radius 1 is 1.17 bits per heavy atom. The molecule has 0 N–H and O–H groups in total. The Bertz CT molecular complexity index is 323. The third-order valence-electron chi connectivity index (χ3n) is 1.93. The maximum Gasteiger partial charge on any atom is 0.0994 e. The van der Waals surface area contributed by atoms with Crippen LogP contribution in [0, 0.1) is 32.1 Å².